The molecule has 0 saturated carbocycles. The lowest BCUT2D eigenvalue weighted by molar-refractivity contribution is 0.235. The molecule has 0 aromatic heterocycles. The Bertz CT molecular complexity index is 759. The Labute approximate surface area is 144 Å². The maximum absolute atomic E-state index is 10.1. The topological polar surface area (TPSA) is 53.2 Å². The highest BCUT2D eigenvalue weighted by atomic mass is 16.5. The number of fused-ring (bicyclic) bond motifs is 1. The smallest absolute Gasteiger partial charge is 0.166 e. The number of nitriles is 1. The first kappa shape index (κ1) is 18.0. The SMILES string of the molecule is CC.Cc1ccc(C)c(C(O)C#N)c1-c1ccc2c(c1)CCCO2. The number of aliphatic hydroxyl groups is 1. The molecule has 1 unspecified atom stereocenters. The second kappa shape index (κ2) is 7.99. The van der Waals surface area contributed by atoms with Crippen molar-refractivity contribution in [1.29, 1.82) is 5.26 Å². The minimum Gasteiger partial charge on any atom is -0.493 e. The van der Waals surface area contributed by atoms with Gasteiger partial charge in [-0.1, -0.05) is 32.0 Å². The maximum atomic E-state index is 10.1. The van der Waals surface area contributed by atoms with E-state index in [1.165, 1.54) is 5.56 Å². The molecule has 1 heterocycles. The Kier molecular flexibility index (Phi) is 6.00. The fraction of sp³-hybridized carbons (Fsp3) is 0.381. The summed E-state index contributed by atoms with van der Waals surface area (Å²) in [5, 5.41) is 19.3. The monoisotopic (exact) mass is 323 g/mol. The van der Waals surface area contributed by atoms with Gasteiger partial charge in [0.05, 0.1) is 12.7 Å². The fourth-order valence-electron chi connectivity index (χ4n) is 3.15. The van der Waals surface area contributed by atoms with E-state index >= 15 is 0 Å². The molecule has 2 aromatic rings. The quantitative estimate of drug-likeness (QED) is 0.801. The summed E-state index contributed by atoms with van der Waals surface area (Å²) < 4.78 is 5.67. The van der Waals surface area contributed by atoms with Gasteiger partial charge < -0.3 is 9.84 Å². The van der Waals surface area contributed by atoms with Crippen LogP contribution in [0.25, 0.3) is 11.1 Å². The summed E-state index contributed by atoms with van der Waals surface area (Å²) in [5.74, 6) is 0.947. The number of aliphatic hydroxyl groups excluding tert-OH is 1. The second-order valence-electron chi connectivity index (χ2n) is 5.79. The van der Waals surface area contributed by atoms with Crippen LogP contribution in [-0.2, 0) is 6.42 Å². The zero-order valence-corrected chi connectivity index (χ0v) is 14.9. The van der Waals surface area contributed by atoms with Gasteiger partial charge in [-0.25, -0.2) is 0 Å². The summed E-state index contributed by atoms with van der Waals surface area (Å²) in [7, 11) is 0. The van der Waals surface area contributed by atoms with E-state index in [2.05, 4.69) is 6.07 Å². The van der Waals surface area contributed by atoms with Gasteiger partial charge in [0.15, 0.2) is 6.10 Å². The highest BCUT2D eigenvalue weighted by Crippen LogP contribution is 2.37. The molecule has 126 valence electrons. The number of hydrogen-bond donors (Lipinski definition) is 1. The van der Waals surface area contributed by atoms with Crippen molar-refractivity contribution in [3.05, 3.63) is 52.6 Å². The van der Waals surface area contributed by atoms with Crippen LogP contribution in [0.2, 0.25) is 0 Å². The molecule has 24 heavy (non-hydrogen) atoms. The van der Waals surface area contributed by atoms with Crippen molar-refractivity contribution >= 4 is 0 Å². The molecular weight excluding hydrogens is 298 g/mol. The van der Waals surface area contributed by atoms with Crippen molar-refractivity contribution in [3.8, 4) is 22.9 Å². The van der Waals surface area contributed by atoms with E-state index in [1.807, 2.05) is 58.0 Å². The lowest BCUT2D eigenvalue weighted by Gasteiger charge is -2.21. The maximum Gasteiger partial charge on any atom is 0.166 e. The molecule has 0 spiro atoms. The van der Waals surface area contributed by atoms with Crippen LogP contribution in [0, 0.1) is 25.2 Å². The Balaban J connectivity index is 0.00000100. The third kappa shape index (κ3) is 3.44. The van der Waals surface area contributed by atoms with E-state index in [4.69, 9.17) is 10.00 Å². The highest BCUT2D eigenvalue weighted by molar-refractivity contribution is 5.74. The standard InChI is InChI=1S/C19H19NO2.C2H6/c1-12-5-6-13(2)19(16(21)11-20)18(12)15-7-8-17-14(10-15)4-3-9-22-17;1-2/h5-8,10,16,21H,3-4,9H2,1-2H3;1-2H3. The fourth-order valence-corrected chi connectivity index (χ4v) is 3.15. The first-order valence-corrected chi connectivity index (χ1v) is 8.55. The van der Waals surface area contributed by atoms with Crippen molar-refractivity contribution in [2.24, 2.45) is 0 Å². The van der Waals surface area contributed by atoms with Crippen LogP contribution in [-0.4, -0.2) is 11.7 Å². The van der Waals surface area contributed by atoms with Gasteiger partial charge in [0.2, 0.25) is 0 Å². The predicted molar refractivity (Wildman–Crippen MR) is 97.1 cm³/mol. The zero-order chi connectivity index (χ0) is 17.7. The number of benzene rings is 2. The molecule has 1 aliphatic rings. The van der Waals surface area contributed by atoms with E-state index in [-0.39, 0.29) is 0 Å². The molecule has 0 bridgehead atoms. The minimum atomic E-state index is -1.11. The normalized spacial score (nSPS) is 13.7. The van der Waals surface area contributed by atoms with Crippen LogP contribution >= 0.6 is 0 Å². The molecule has 1 N–H and O–H groups in total. The Hall–Kier alpha value is -2.31. The minimum absolute atomic E-state index is 0.708. The van der Waals surface area contributed by atoms with Crippen LogP contribution in [0.5, 0.6) is 5.75 Å². The van der Waals surface area contributed by atoms with Crippen molar-refractivity contribution in [1.82, 2.24) is 0 Å². The highest BCUT2D eigenvalue weighted by Gasteiger charge is 2.19. The van der Waals surface area contributed by atoms with Gasteiger partial charge in [0.25, 0.3) is 0 Å². The molecule has 0 aliphatic carbocycles. The van der Waals surface area contributed by atoms with Gasteiger partial charge >= 0.3 is 0 Å². The van der Waals surface area contributed by atoms with Gasteiger partial charge in [0.1, 0.15) is 5.75 Å². The van der Waals surface area contributed by atoms with Crippen molar-refractivity contribution < 1.29 is 9.84 Å². The van der Waals surface area contributed by atoms with Crippen molar-refractivity contribution in [3.63, 3.8) is 0 Å². The van der Waals surface area contributed by atoms with Crippen LogP contribution in [0.15, 0.2) is 30.3 Å². The van der Waals surface area contributed by atoms with Crippen LogP contribution in [0.1, 0.15) is 48.6 Å². The number of hydrogen-bond acceptors (Lipinski definition) is 3. The second-order valence-corrected chi connectivity index (χ2v) is 5.79. The molecule has 0 radical (unpaired) electrons. The third-order valence-electron chi connectivity index (χ3n) is 4.26. The van der Waals surface area contributed by atoms with Gasteiger partial charge in [-0.2, -0.15) is 5.26 Å². The number of aryl methyl sites for hydroxylation is 3. The third-order valence-corrected chi connectivity index (χ3v) is 4.26. The lowest BCUT2D eigenvalue weighted by atomic mass is 9.88. The summed E-state index contributed by atoms with van der Waals surface area (Å²) in [5.41, 5.74) is 5.90. The summed E-state index contributed by atoms with van der Waals surface area (Å²) in [4.78, 5) is 0. The predicted octanol–water partition coefficient (Wildman–Crippen LogP) is 4.88. The average Bonchev–Trinajstić information content (AvgIpc) is 2.64. The summed E-state index contributed by atoms with van der Waals surface area (Å²) in [6.45, 7) is 8.72. The number of nitrogens with zero attached hydrogens (tertiary/aromatic N) is 1. The molecule has 1 atom stereocenters. The zero-order valence-electron chi connectivity index (χ0n) is 14.9. The molecule has 2 aromatic carbocycles. The molecule has 3 rings (SSSR count). The Morgan fingerprint density at radius 3 is 2.54 bits per heavy atom. The van der Waals surface area contributed by atoms with Gasteiger partial charge in [-0.3, -0.25) is 0 Å². The van der Waals surface area contributed by atoms with Gasteiger partial charge in [-0.05, 0) is 66.6 Å². The lowest BCUT2D eigenvalue weighted by Crippen LogP contribution is -2.08. The molecule has 1 aliphatic heterocycles. The first-order valence-electron chi connectivity index (χ1n) is 8.55. The summed E-state index contributed by atoms with van der Waals surface area (Å²) in [6, 6.07) is 12.1. The molecule has 3 heteroatoms. The molecule has 0 amide bonds. The number of ether oxygens (including phenoxy) is 1. The summed E-state index contributed by atoms with van der Waals surface area (Å²) in [6.07, 6.45) is 0.920. The van der Waals surface area contributed by atoms with Crippen molar-refractivity contribution in [2.45, 2.75) is 46.6 Å². The average molecular weight is 323 g/mol. The molecule has 0 saturated heterocycles. The van der Waals surface area contributed by atoms with E-state index < -0.39 is 6.10 Å². The van der Waals surface area contributed by atoms with E-state index in [0.717, 1.165) is 47.5 Å². The Morgan fingerprint density at radius 2 is 1.83 bits per heavy atom. The number of rotatable bonds is 2. The largest absolute Gasteiger partial charge is 0.493 e. The van der Waals surface area contributed by atoms with Gasteiger partial charge in [0, 0.05) is 5.56 Å². The molecule has 3 nitrogen and oxygen atoms in total. The van der Waals surface area contributed by atoms with Crippen LogP contribution in [0.3, 0.4) is 0 Å². The Morgan fingerprint density at radius 1 is 1.12 bits per heavy atom. The first-order chi connectivity index (χ1) is 11.6. The summed E-state index contributed by atoms with van der Waals surface area (Å²) >= 11 is 0. The molecular formula is C21H25NO2. The van der Waals surface area contributed by atoms with E-state index in [1.54, 1.807) is 0 Å². The van der Waals surface area contributed by atoms with Crippen LogP contribution < -0.4 is 4.74 Å². The van der Waals surface area contributed by atoms with Crippen molar-refractivity contribution in [2.75, 3.05) is 6.61 Å². The van der Waals surface area contributed by atoms with E-state index in [9.17, 15) is 5.11 Å². The molecule has 0 fully saturated rings. The van der Waals surface area contributed by atoms with Gasteiger partial charge in [-0.15, -0.1) is 0 Å². The van der Waals surface area contributed by atoms with E-state index in [0.29, 0.717) is 5.56 Å². The van der Waals surface area contributed by atoms with Crippen LogP contribution in [0.4, 0.5) is 0 Å².